The Labute approximate surface area is 115 Å². The fourth-order valence-corrected chi connectivity index (χ4v) is 3.19. The molecule has 0 fully saturated rings. The van der Waals surface area contributed by atoms with Crippen molar-refractivity contribution in [1.29, 1.82) is 0 Å². The maximum atomic E-state index is 3.65. The summed E-state index contributed by atoms with van der Waals surface area (Å²) in [5, 5.41) is 3.65. The lowest BCUT2D eigenvalue weighted by Crippen LogP contribution is -2.36. The minimum Gasteiger partial charge on any atom is -0.380 e. The molecule has 0 aliphatic carbocycles. The Morgan fingerprint density at radius 3 is 2.47 bits per heavy atom. The molecule has 0 aromatic heterocycles. The Morgan fingerprint density at radius 1 is 1.00 bits per heavy atom. The second-order valence-corrected chi connectivity index (χ2v) is 6.28. The standard InChI is InChI=1S/C18H21N/c1-13-12-18(2,3)19-17-10-9-15(11-16(13)17)14-7-5-4-6-8-14/h4-11,13,19H,12H2,1-3H3. The van der Waals surface area contributed by atoms with Crippen LogP contribution in [-0.4, -0.2) is 5.54 Å². The molecule has 1 heterocycles. The Morgan fingerprint density at radius 2 is 1.74 bits per heavy atom. The zero-order valence-electron chi connectivity index (χ0n) is 11.9. The van der Waals surface area contributed by atoms with Crippen LogP contribution in [0.25, 0.3) is 11.1 Å². The van der Waals surface area contributed by atoms with Crippen molar-refractivity contribution in [3.8, 4) is 11.1 Å². The molecule has 2 aromatic rings. The van der Waals surface area contributed by atoms with Gasteiger partial charge in [0.1, 0.15) is 0 Å². The predicted octanol–water partition coefficient (Wildman–Crippen LogP) is 5.05. The van der Waals surface area contributed by atoms with Crippen molar-refractivity contribution < 1.29 is 0 Å². The third-order valence-corrected chi connectivity index (χ3v) is 3.98. The van der Waals surface area contributed by atoms with Crippen molar-refractivity contribution in [3.05, 3.63) is 54.1 Å². The third kappa shape index (κ3) is 2.37. The highest BCUT2D eigenvalue weighted by Gasteiger charge is 2.29. The van der Waals surface area contributed by atoms with Crippen LogP contribution in [0, 0.1) is 0 Å². The van der Waals surface area contributed by atoms with Crippen LogP contribution in [0.4, 0.5) is 5.69 Å². The Bertz CT molecular complexity index is 584. The first kappa shape index (κ1) is 12.3. The van der Waals surface area contributed by atoms with E-state index >= 15 is 0 Å². The highest BCUT2D eigenvalue weighted by atomic mass is 15.0. The molecule has 19 heavy (non-hydrogen) atoms. The van der Waals surface area contributed by atoms with Gasteiger partial charge in [-0.25, -0.2) is 0 Å². The number of anilines is 1. The van der Waals surface area contributed by atoms with Gasteiger partial charge in [0.15, 0.2) is 0 Å². The number of hydrogen-bond donors (Lipinski definition) is 1. The van der Waals surface area contributed by atoms with Crippen LogP contribution in [0.2, 0.25) is 0 Å². The van der Waals surface area contributed by atoms with Crippen molar-refractivity contribution in [2.75, 3.05) is 5.32 Å². The second-order valence-electron chi connectivity index (χ2n) is 6.28. The highest BCUT2D eigenvalue weighted by molar-refractivity contribution is 5.70. The molecule has 1 heteroatoms. The molecule has 0 radical (unpaired) electrons. The molecule has 2 aromatic carbocycles. The van der Waals surface area contributed by atoms with Gasteiger partial charge in [-0.15, -0.1) is 0 Å². The molecule has 1 aliphatic heterocycles. The van der Waals surface area contributed by atoms with Crippen molar-refractivity contribution in [1.82, 2.24) is 0 Å². The molecule has 1 atom stereocenters. The quantitative estimate of drug-likeness (QED) is 0.747. The fraction of sp³-hybridized carbons (Fsp3) is 0.333. The molecule has 1 aliphatic rings. The third-order valence-electron chi connectivity index (χ3n) is 3.98. The molecule has 1 N–H and O–H groups in total. The fourth-order valence-electron chi connectivity index (χ4n) is 3.19. The SMILES string of the molecule is CC1CC(C)(C)Nc2ccc(-c3ccccc3)cc21. The number of benzene rings is 2. The summed E-state index contributed by atoms with van der Waals surface area (Å²) < 4.78 is 0. The predicted molar refractivity (Wildman–Crippen MR) is 82.6 cm³/mol. The molecular weight excluding hydrogens is 230 g/mol. The molecular formula is C18H21N. The Balaban J connectivity index is 2.04. The van der Waals surface area contributed by atoms with E-state index in [-0.39, 0.29) is 5.54 Å². The summed E-state index contributed by atoms with van der Waals surface area (Å²) in [7, 11) is 0. The summed E-state index contributed by atoms with van der Waals surface area (Å²) in [4.78, 5) is 0. The lowest BCUT2D eigenvalue weighted by molar-refractivity contribution is 0.454. The molecule has 0 spiro atoms. The maximum Gasteiger partial charge on any atom is 0.0380 e. The first-order valence-electron chi connectivity index (χ1n) is 7.03. The van der Waals surface area contributed by atoms with E-state index in [9.17, 15) is 0 Å². The molecule has 98 valence electrons. The normalized spacial score (nSPS) is 20.5. The van der Waals surface area contributed by atoms with Crippen LogP contribution in [0.15, 0.2) is 48.5 Å². The van der Waals surface area contributed by atoms with Crippen LogP contribution in [-0.2, 0) is 0 Å². The van der Waals surface area contributed by atoms with Crippen LogP contribution in [0.3, 0.4) is 0 Å². The molecule has 1 unspecified atom stereocenters. The number of nitrogens with one attached hydrogen (secondary N) is 1. The number of fused-ring (bicyclic) bond motifs is 1. The molecule has 3 rings (SSSR count). The first-order chi connectivity index (χ1) is 9.05. The van der Waals surface area contributed by atoms with Crippen LogP contribution < -0.4 is 5.32 Å². The van der Waals surface area contributed by atoms with E-state index in [1.54, 1.807) is 0 Å². The molecule has 0 saturated carbocycles. The van der Waals surface area contributed by atoms with E-state index in [0.29, 0.717) is 5.92 Å². The number of rotatable bonds is 1. The van der Waals surface area contributed by atoms with E-state index in [1.807, 2.05) is 0 Å². The van der Waals surface area contributed by atoms with Gasteiger partial charge in [0.05, 0.1) is 0 Å². The van der Waals surface area contributed by atoms with Crippen molar-refractivity contribution >= 4 is 5.69 Å². The van der Waals surface area contributed by atoms with Crippen LogP contribution >= 0.6 is 0 Å². The van der Waals surface area contributed by atoms with E-state index < -0.39 is 0 Å². The van der Waals surface area contributed by atoms with E-state index in [2.05, 4.69) is 74.6 Å². The molecule has 1 nitrogen and oxygen atoms in total. The highest BCUT2D eigenvalue weighted by Crippen LogP contribution is 2.40. The summed E-state index contributed by atoms with van der Waals surface area (Å²) in [6.45, 7) is 6.88. The summed E-state index contributed by atoms with van der Waals surface area (Å²) in [5.74, 6) is 0.606. The Kier molecular flexibility index (Phi) is 2.85. The van der Waals surface area contributed by atoms with Crippen LogP contribution in [0.1, 0.15) is 38.7 Å². The number of hydrogen-bond acceptors (Lipinski definition) is 1. The smallest absolute Gasteiger partial charge is 0.0380 e. The second kappa shape index (κ2) is 4.41. The van der Waals surface area contributed by atoms with Gasteiger partial charge in [0, 0.05) is 11.2 Å². The summed E-state index contributed by atoms with van der Waals surface area (Å²) in [6.07, 6.45) is 1.18. The average molecular weight is 251 g/mol. The largest absolute Gasteiger partial charge is 0.380 e. The average Bonchev–Trinajstić information content (AvgIpc) is 2.38. The minimum atomic E-state index is 0.195. The van der Waals surface area contributed by atoms with Crippen LogP contribution in [0.5, 0.6) is 0 Å². The molecule has 0 saturated heterocycles. The van der Waals surface area contributed by atoms with Crippen molar-refractivity contribution in [2.24, 2.45) is 0 Å². The van der Waals surface area contributed by atoms with Gasteiger partial charge in [0.2, 0.25) is 0 Å². The van der Waals surface area contributed by atoms with E-state index in [1.165, 1.54) is 28.8 Å². The van der Waals surface area contributed by atoms with Gasteiger partial charge in [-0.2, -0.15) is 0 Å². The maximum absolute atomic E-state index is 3.65. The zero-order valence-corrected chi connectivity index (χ0v) is 11.9. The Hall–Kier alpha value is -1.76. The van der Waals surface area contributed by atoms with E-state index in [4.69, 9.17) is 0 Å². The van der Waals surface area contributed by atoms with Gasteiger partial charge in [-0.05, 0) is 55.0 Å². The van der Waals surface area contributed by atoms with E-state index in [0.717, 1.165) is 0 Å². The lowest BCUT2D eigenvalue weighted by atomic mass is 9.81. The zero-order chi connectivity index (χ0) is 13.5. The van der Waals surface area contributed by atoms with Crippen molar-refractivity contribution in [3.63, 3.8) is 0 Å². The first-order valence-corrected chi connectivity index (χ1v) is 7.03. The topological polar surface area (TPSA) is 12.0 Å². The lowest BCUT2D eigenvalue weighted by Gasteiger charge is -2.37. The van der Waals surface area contributed by atoms with Gasteiger partial charge in [0.25, 0.3) is 0 Å². The molecule has 0 bridgehead atoms. The van der Waals surface area contributed by atoms with Gasteiger partial charge >= 0.3 is 0 Å². The van der Waals surface area contributed by atoms with Crippen molar-refractivity contribution in [2.45, 2.75) is 38.6 Å². The summed E-state index contributed by atoms with van der Waals surface area (Å²) in [5.41, 5.74) is 5.54. The van der Waals surface area contributed by atoms with Gasteiger partial charge < -0.3 is 5.32 Å². The summed E-state index contributed by atoms with van der Waals surface area (Å²) >= 11 is 0. The van der Waals surface area contributed by atoms with Gasteiger partial charge in [-0.3, -0.25) is 0 Å². The molecule has 0 amide bonds. The monoisotopic (exact) mass is 251 g/mol. The summed E-state index contributed by atoms with van der Waals surface area (Å²) in [6, 6.07) is 17.4. The van der Waals surface area contributed by atoms with Gasteiger partial charge in [-0.1, -0.05) is 43.3 Å². The minimum absolute atomic E-state index is 0.195.